The summed E-state index contributed by atoms with van der Waals surface area (Å²) in [6, 6.07) is 0. The molecule has 1 heterocycles. The van der Waals surface area contributed by atoms with Crippen LogP contribution in [0, 0.1) is 6.92 Å². The maximum atomic E-state index is 15.0. The highest BCUT2D eigenvalue weighted by Crippen LogP contribution is 2.60. The van der Waals surface area contributed by atoms with Crippen LogP contribution >= 0.6 is 22.9 Å². The highest BCUT2D eigenvalue weighted by atomic mass is 35.5. The molecule has 2 unspecified atom stereocenters. The molecule has 0 nitrogen and oxygen atoms in total. The van der Waals surface area contributed by atoms with Gasteiger partial charge in [0.25, 0.3) is 0 Å². The van der Waals surface area contributed by atoms with Crippen molar-refractivity contribution in [2.45, 2.75) is 50.9 Å². The molecule has 124 valence electrons. The lowest BCUT2D eigenvalue weighted by Crippen LogP contribution is -2.45. The Bertz CT molecular complexity index is 623. The Morgan fingerprint density at radius 1 is 1.23 bits per heavy atom. The molecular formula is C14H13ClF6S. The van der Waals surface area contributed by atoms with E-state index >= 15 is 0 Å². The molecular weight excluding hydrogens is 350 g/mol. The third-order valence-corrected chi connectivity index (χ3v) is 5.19. The smallest absolute Gasteiger partial charge is 0.235 e. The van der Waals surface area contributed by atoms with Gasteiger partial charge >= 0.3 is 5.92 Å². The number of aryl methyl sites for hydroxylation is 1. The fraction of sp³-hybridized carbons (Fsp3) is 0.571. The summed E-state index contributed by atoms with van der Waals surface area (Å²) in [4.78, 5) is -0.0107. The van der Waals surface area contributed by atoms with E-state index in [1.165, 1.54) is 6.92 Å². The van der Waals surface area contributed by atoms with Crippen LogP contribution in [-0.2, 0) is 12.1 Å². The summed E-state index contributed by atoms with van der Waals surface area (Å²) in [5, 5.41) is 0. The van der Waals surface area contributed by atoms with E-state index in [0.29, 0.717) is 12.8 Å². The lowest BCUT2D eigenvalue weighted by molar-refractivity contribution is -0.137. The quantitative estimate of drug-likeness (QED) is 0.547. The van der Waals surface area contributed by atoms with Crippen molar-refractivity contribution in [3.05, 3.63) is 32.0 Å². The molecule has 0 amide bonds. The topological polar surface area (TPSA) is 0 Å². The zero-order valence-electron chi connectivity index (χ0n) is 11.8. The summed E-state index contributed by atoms with van der Waals surface area (Å²) in [7, 11) is 0. The fourth-order valence-electron chi connectivity index (χ4n) is 2.65. The third kappa shape index (κ3) is 2.19. The number of hydrogen-bond acceptors (Lipinski definition) is 1. The van der Waals surface area contributed by atoms with E-state index in [0.717, 1.165) is 11.3 Å². The minimum Gasteiger partial charge on any atom is -0.235 e. The molecule has 8 heteroatoms. The minimum absolute atomic E-state index is 0.00154. The minimum atomic E-state index is -4.91. The van der Waals surface area contributed by atoms with E-state index in [2.05, 4.69) is 0 Å². The molecule has 0 spiro atoms. The van der Waals surface area contributed by atoms with Crippen LogP contribution < -0.4 is 0 Å². The van der Waals surface area contributed by atoms with Gasteiger partial charge in [0.2, 0.25) is 11.5 Å². The molecule has 0 aliphatic heterocycles. The normalized spacial score (nSPS) is 27.8. The van der Waals surface area contributed by atoms with E-state index in [1.54, 1.807) is 0 Å². The van der Waals surface area contributed by atoms with Crippen molar-refractivity contribution in [1.82, 2.24) is 0 Å². The fourth-order valence-corrected chi connectivity index (χ4v) is 4.15. The molecule has 0 bridgehead atoms. The Balaban J connectivity index is 2.66. The van der Waals surface area contributed by atoms with E-state index < -0.39 is 35.0 Å². The molecule has 1 aliphatic rings. The first kappa shape index (κ1) is 17.7. The third-order valence-electron chi connectivity index (χ3n) is 3.79. The summed E-state index contributed by atoms with van der Waals surface area (Å²) < 4.78 is 83.4. The first-order valence-electron chi connectivity index (χ1n) is 6.65. The average Bonchev–Trinajstić information content (AvgIpc) is 2.80. The van der Waals surface area contributed by atoms with Gasteiger partial charge in [0.1, 0.15) is 0 Å². The second-order valence-corrected chi connectivity index (χ2v) is 7.03. The maximum Gasteiger partial charge on any atom is 0.342 e. The van der Waals surface area contributed by atoms with Crippen molar-refractivity contribution in [2.75, 3.05) is 0 Å². The molecule has 0 radical (unpaired) electrons. The molecule has 0 aromatic carbocycles. The SMILES string of the molecule is CCCCc1c(Cl)sc(C)c1C1(F)C(F)C(F)=C(F)C1(F)F. The highest BCUT2D eigenvalue weighted by molar-refractivity contribution is 7.16. The van der Waals surface area contributed by atoms with Crippen molar-refractivity contribution < 1.29 is 26.3 Å². The molecule has 0 N–H and O–H groups in total. The standard InChI is InChI=1S/C14H13ClF6S/c1-3-4-5-7-8(6(2)22-12(7)15)13(19)10(17)9(16)11(18)14(13,20)21/h10H,3-5H2,1-2H3. The molecule has 0 saturated carbocycles. The van der Waals surface area contributed by atoms with Gasteiger partial charge in [-0.15, -0.1) is 11.3 Å². The van der Waals surface area contributed by atoms with Crippen molar-refractivity contribution in [2.24, 2.45) is 0 Å². The number of allylic oxidation sites excluding steroid dienone is 2. The van der Waals surface area contributed by atoms with Gasteiger partial charge in [-0.3, -0.25) is 0 Å². The van der Waals surface area contributed by atoms with Crippen molar-refractivity contribution in [3.8, 4) is 0 Å². The van der Waals surface area contributed by atoms with Crippen LogP contribution in [0.4, 0.5) is 26.3 Å². The molecule has 22 heavy (non-hydrogen) atoms. The van der Waals surface area contributed by atoms with Crippen LogP contribution in [0.1, 0.15) is 35.8 Å². The van der Waals surface area contributed by atoms with Gasteiger partial charge in [0.15, 0.2) is 12.0 Å². The summed E-state index contributed by atoms with van der Waals surface area (Å²) in [6.45, 7) is 3.10. The summed E-state index contributed by atoms with van der Waals surface area (Å²) in [6.07, 6.45) is -2.10. The Morgan fingerprint density at radius 3 is 2.27 bits per heavy atom. The van der Waals surface area contributed by atoms with Crippen LogP contribution in [-0.4, -0.2) is 12.1 Å². The van der Waals surface area contributed by atoms with Crippen LogP contribution in [0.2, 0.25) is 4.34 Å². The number of thiophene rings is 1. The number of unbranched alkanes of at least 4 members (excludes halogenated alkanes) is 1. The zero-order valence-corrected chi connectivity index (χ0v) is 13.3. The van der Waals surface area contributed by atoms with E-state index in [1.807, 2.05) is 6.92 Å². The van der Waals surface area contributed by atoms with Crippen LogP contribution in [0.15, 0.2) is 11.7 Å². The first-order valence-corrected chi connectivity index (χ1v) is 7.84. The lowest BCUT2D eigenvalue weighted by Gasteiger charge is -2.30. The number of halogens is 7. The Morgan fingerprint density at radius 2 is 1.82 bits per heavy atom. The summed E-state index contributed by atoms with van der Waals surface area (Å²) >= 11 is 6.72. The maximum absolute atomic E-state index is 15.0. The van der Waals surface area contributed by atoms with E-state index in [9.17, 15) is 26.3 Å². The molecule has 1 aromatic heterocycles. The van der Waals surface area contributed by atoms with Gasteiger partial charge in [-0.25, -0.2) is 17.6 Å². The summed E-state index contributed by atoms with van der Waals surface area (Å²) in [5.41, 5.74) is -4.84. The van der Waals surface area contributed by atoms with Crippen molar-refractivity contribution >= 4 is 22.9 Å². The van der Waals surface area contributed by atoms with Gasteiger partial charge in [-0.2, -0.15) is 8.78 Å². The Kier molecular flexibility index (Phi) is 4.61. The van der Waals surface area contributed by atoms with Crippen molar-refractivity contribution in [1.29, 1.82) is 0 Å². The highest BCUT2D eigenvalue weighted by Gasteiger charge is 2.73. The van der Waals surface area contributed by atoms with E-state index in [4.69, 9.17) is 11.6 Å². The van der Waals surface area contributed by atoms with Crippen molar-refractivity contribution in [3.63, 3.8) is 0 Å². The second kappa shape index (κ2) is 5.74. The van der Waals surface area contributed by atoms with Gasteiger partial charge in [0, 0.05) is 10.4 Å². The number of alkyl halides is 4. The average molecular weight is 363 g/mol. The first-order chi connectivity index (χ1) is 10.1. The number of hydrogen-bond donors (Lipinski definition) is 0. The van der Waals surface area contributed by atoms with Gasteiger partial charge in [0.05, 0.1) is 4.34 Å². The molecule has 1 aromatic rings. The molecule has 1 aliphatic carbocycles. The Hall–Kier alpha value is -0.690. The van der Waals surface area contributed by atoms with Crippen LogP contribution in [0.3, 0.4) is 0 Å². The molecule has 0 saturated heterocycles. The van der Waals surface area contributed by atoms with Gasteiger partial charge in [-0.05, 0) is 25.3 Å². The van der Waals surface area contributed by atoms with Crippen LogP contribution in [0.25, 0.3) is 0 Å². The monoisotopic (exact) mass is 362 g/mol. The predicted octanol–water partition coefficient (Wildman–Crippen LogP) is 6.35. The largest absolute Gasteiger partial charge is 0.342 e. The molecule has 0 fully saturated rings. The van der Waals surface area contributed by atoms with Crippen LogP contribution in [0.5, 0.6) is 0 Å². The zero-order chi connectivity index (χ0) is 16.9. The predicted molar refractivity (Wildman–Crippen MR) is 74.5 cm³/mol. The van der Waals surface area contributed by atoms with Gasteiger partial charge < -0.3 is 0 Å². The molecule has 2 rings (SSSR count). The lowest BCUT2D eigenvalue weighted by atomic mass is 9.85. The van der Waals surface area contributed by atoms with Gasteiger partial charge in [-0.1, -0.05) is 24.9 Å². The Labute approximate surface area is 132 Å². The second-order valence-electron chi connectivity index (χ2n) is 5.20. The molecule has 2 atom stereocenters. The van der Waals surface area contributed by atoms with E-state index in [-0.39, 0.29) is 21.2 Å². The summed E-state index contributed by atoms with van der Waals surface area (Å²) in [5.74, 6) is -9.99. The number of rotatable bonds is 4.